The Hall–Kier alpha value is -3.00. The number of thiol groups is 1. The van der Waals surface area contributed by atoms with Gasteiger partial charge < -0.3 is 20.3 Å². The molecule has 0 radical (unpaired) electrons. The summed E-state index contributed by atoms with van der Waals surface area (Å²) in [5.74, 6) is -0.697. The van der Waals surface area contributed by atoms with E-state index in [9.17, 15) is 14.4 Å². The largest absolute Gasteiger partial charge is 0.444 e. The lowest BCUT2D eigenvalue weighted by molar-refractivity contribution is -0.140. The molecule has 0 aliphatic heterocycles. The number of hydrogen-bond acceptors (Lipinski definition) is 5. The van der Waals surface area contributed by atoms with Crippen LogP contribution in [-0.2, 0) is 14.3 Å². The fraction of sp³-hybridized carbons (Fsp3) is 0.464. The van der Waals surface area contributed by atoms with Crippen LogP contribution in [0.3, 0.4) is 0 Å². The van der Waals surface area contributed by atoms with Crippen molar-refractivity contribution in [3.8, 4) is 0 Å². The summed E-state index contributed by atoms with van der Waals surface area (Å²) in [6.07, 6.45) is -0.714. The number of likely N-dealkylation sites (N-methyl/N-ethyl adjacent to an activating group) is 1. The first-order chi connectivity index (χ1) is 16.8. The maximum Gasteiger partial charge on any atom is 0.408 e. The fourth-order valence-electron chi connectivity index (χ4n) is 4.09. The van der Waals surface area contributed by atoms with E-state index in [4.69, 9.17) is 4.74 Å². The zero-order chi connectivity index (χ0) is 27.2. The molecular formula is C28H39N3O4S. The summed E-state index contributed by atoms with van der Waals surface area (Å²) in [7, 11) is 0. The molecule has 2 rings (SSSR count). The third-order valence-corrected chi connectivity index (χ3v) is 6.17. The van der Waals surface area contributed by atoms with Gasteiger partial charge in [-0.2, -0.15) is 12.6 Å². The number of amides is 3. The van der Waals surface area contributed by atoms with Crippen LogP contribution in [0.4, 0.5) is 10.5 Å². The van der Waals surface area contributed by atoms with Gasteiger partial charge in [0.15, 0.2) is 0 Å². The van der Waals surface area contributed by atoms with E-state index in [0.717, 1.165) is 33.5 Å². The first kappa shape index (κ1) is 29.2. The summed E-state index contributed by atoms with van der Waals surface area (Å²) in [5, 5.41) is 5.67. The van der Waals surface area contributed by atoms with Crippen molar-refractivity contribution < 1.29 is 19.1 Å². The second kappa shape index (κ2) is 12.3. The zero-order valence-electron chi connectivity index (χ0n) is 22.6. The Labute approximate surface area is 220 Å². The van der Waals surface area contributed by atoms with Gasteiger partial charge in [-0.05, 0) is 77.6 Å². The van der Waals surface area contributed by atoms with Crippen LogP contribution in [-0.4, -0.2) is 46.7 Å². The van der Waals surface area contributed by atoms with Crippen LogP contribution < -0.4 is 10.6 Å². The number of carbonyl (C=O) groups is 3. The quantitative estimate of drug-likeness (QED) is 0.420. The van der Waals surface area contributed by atoms with Crippen molar-refractivity contribution in [3.63, 3.8) is 0 Å². The van der Waals surface area contributed by atoms with Gasteiger partial charge in [-0.1, -0.05) is 42.0 Å². The van der Waals surface area contributed by atoms with Crippen molar-refractivity contribution in [3.05, 3.63) is 64.2 Å². The van der Waals surface area contributed by atoms with E-state index in [1.807, 2.05) is 71.0 Å². The molecule has 0 spiro atoms. The van der Waals surface area contributed by atoms with Gasteiger partial charge in [-0.15, -0.1) is 0 Å². The highest BCUT2D eigenvalue weighted by Gasteiger charge is 2.36. The lowest BCUT2D eigenvalue weighted by atomic mass is 9.96. The normalized spacial score (nSPS) is 12.9. The number of nitrogens with one attached hydrogen (secondary N) is 2. The van der Waals surface area contributed by atoms with E-state index in [1.54, 1.807) is 20.8 Å². The van der Waals surface area contributed by atoms with Gasteiger partial charge in [0.25, 0.3) is 5.91 Å². The molecule has 0 aliphatic rings. The van der Waals surface area contributed by atoms with Gasteiger partial charge in [0.05, 0.1) is 0 Å². The maximum atomic E-state index is 13.8. The molecule has 2 aromatic rings. The second-order valence-corrected chi connectivity index (χ2v) is 10.4. The van der Waals surface area contributed by atoms with E-state index < -0.39 is 29.7 Å². The monoisotopic (exact) mass is 513 g/mol. The summed E-state index contributed by atoms with van der Waals surface area (Å²) in [4.78, 5) is 41.5. The van der Waals surface area contributed by atoms with Crippen LogP contribution in [0.1, 0.15) is 61.6 Å². The maximum absolute atomic E-state index is 13.8. The third-order valence-electron chi connectivity index (χ3n) is 5.80. The molecule has 0 heterocycles. The average molecular weight is 514 g/mol. The molecule has 2 unspecified atom stereocenters. The van der Waals surface area contributed by atoms with Crippen LogP contribution in [0, 0.1) is 27.7 Å². The Bertz CT molecular complexity index is 1090. The van der Waals surface area contributed by atoms with Crippen molar-refractivity contribution >= 4 is 36.2 Å². The predicted molar refractivity (Wildman–Crippen MR) is 148 cm³/mol. The highest BCUT2D eigenvalue weighted by molar-refractivity contribution is 7.80. The minimum atomic E-state index is -0.968. The molecule has 7 nitrogen and oxygen atoms in total. The highest BCUT2D eigenvalue weighted by atomic mass is 32.1. The number of carbonyl (C=O) groups excluding carboxylic acids is 3. The Kier molecular flexibility index (Phi) is 9.99. The van der Waals surface area contributed by atoms with Gasteiger partial charge in [0.1, 0.15) is 17.7 Å². The lowest BCUT2D eigenvalue weighted by Gasteiger charge is -2.34. The van der Waals surface area contributed by atoms with E-state index >= 15 is 0 Å². The SMILES string of the molecule is CCN(C(=O)C(CS)NC(=O)OC(C)(C)C)C(C(=O)Nc1c(C)cccc1C)c1ccc(C)cc1C. The summed E-state index contributed by atoms with van der Waals surface area (Å²) >= 11 is 4.30. The third kappa shape index (κ3) is 7.50. The van der Waals surface area contributed by atoms with Crippen molar-refractivity contribution in [2.45, 2.75) is 73.1 Å². The standard InChI is InChI=1S/C28H39N3O4S/c1-9-31(26(33)22(16-36)29-27(34)35-28(6,7)8)24(21-14-13-17(2)15-20(21)5)25(32)30-23-18(3)11-10-12-19(23)4/h10-15,22,24,36H,9,16H2,1-8H3,(H,29,34)(H,30,32). The second-order valence-electron chi connectivity index (χ2n) is 10.0. The Morgan fingerprint density at radius 2 is 1.61 bits per heavy atom. The number of benzene rings is 2. The van der Waals surface area contributed by atoms with Crippen molar-refractivity contribution in [1.29, 1.82) is 0 Å². The minimum absolute atomic E-state index is 0.0483. The van der Waals surface area contributed by atoms with Crippen molar-refractivity contribution in [2.75, 3.05) is 17.6 Å². The van der Waals surface area contributed by atoms with Gasteiger partial charge in [0.2, 0.25) is 5.91 Å². The first-order valence-electron chi connectivity index (χ1n) is 12.1. The molecular weight excluding hydrogens is 474 g/mol. The fourth-order valence-corrected chi connectivity index (χ4v) is 4.33. The molecule has 8 heteroatoms. The number of hydrogen-bond donors (Lipinski definition) is 3. The van der Waals surface area contributed by atoms with Gasteiger partial charge in [-0.25, -0.2) is 4.79 Å². The number of alkyl carbamates (subject to hydrolysis) is 1. The molecule has 196 valence electrons. The molecule has 0 saturated carbocycles. The molecule has 0 aromatic heterocycles. The van der Waals surface area contributed by atoms with E-state index in [0.29, 0.717) is 0 Å². The Morgan fingerprint density at radius 3 is 2.11 bits per heavy atom. The summed E-state index contributed by atoms with van der Waals surface area (Å²) < 4.78 is 5.33. The summed E-state index contributed by atoms with van der Waals surface area (Å²) in [6.45, 7) is 15.1. The van der Waals surface area contributed by atoms with Crippen LogP contribution in [0.25, 0.3) is 0 Å². The highest BCUT2D eigenvalue weighted by Crippen LogP contribution is 2.29. The molecule has 3 amide bonds. The molecule has 0 saturated heterocycles. The van der Waals surface area contributed by atoms with Gasteiger partial charge in [-0.3, -0.25) is 9.59 Å². The van der Waals surface area contributed by atoms with Crippen LogP contribution in [0.5, 0.6) is 0 Å². The molecule has 0 bridgehead atoms. The van der Waals surface area contributed by atoms with Gasteiger partial charge in [0, 0.05) is 18.0 Å². The number of ether oxygens (including phenoxy) is 1. The molecule has 2 N–H and O–H groups in total. The topological polar surface area (TPSA) is 87.7 Å². The van der Waals surface area contributed by atoms with Crippen LogP contribution >= 0.6 is 12.6 Å². The lowest BCUT2D eigenvalue weighted by Crippen LogP contribution is -2.53. The number of para-hydroxylation sites is 1. The van der Waals surface area contributed by atoms with Crippen molar-refractivity contribution in [1.82, 2.24) is 10.2 Å². The molecule has 0 aliphatic carbocycles. The van der Waals surface area contributed by atoms with Crippen LogP contribution in [0.15, 0.2) is 36.4 Å². The summed E-state index contributed by atoms with van der Waals surface area (Å²) in [6, 6.07) is 9.71. The zero-order valence-corrected chi connectivity index (χ0v) is 23.5. The van der Waals surface area contributed by atoms with Crippen LogP contribution in [0.2, 0.25) is 0 Å². The number of rotatable bonds is 8. The average Bonchev–Trinajstić information content (AvgIpc) is 2.77. The number of aryl methyl sites for hydroxylation is 4. The van der Waals surface area contributed by atoms with E-state index in [2.05, 4.69) is 23.3 Å². The summed E-state index contributed by atoms with van der Waals surface area (Å²) in [5.41, 5.74) is 4.53. The number of nitrogens with zero attached hydrogens (tertiary/aromatic N) is 1. The smallest absolute Gasteiger partial charge is 0.408 e. The van der Waals surface area contributed by atoms with Crippen molar-refractivity contribution in [2.24, 2.45) is 0 Å². The van der Waals surface area contributed by atoms with Gasteiger partial charge >= 0.3 is 6.09 Å². The molecule has 2 aromatic carbocycles. The Balaban J connectivity index is 2.49. The molecule has 0 fully saturated rings. The molecule has 2 atom stereocenters. The molecule has 36 heavy (non-hydrogen) atoms. The predicted octanol–water partition coefficient (Wildman–Crippen LogP) is 5.27. The minimum Gasteiger partial charge on any atom is -0.444 e. The first-order valence-corrected chi connectivity index (χ1v) is 12.8. The van der Waals surface area contributed by atoms with E-state index in [-0.39, 0.29) is 18.2 Å². The van der Waals surface area contributed by atoms with E-state index in [1.165, 1.54) is 4.90 Å². The Morgan fingerprint density at radius 1 is 1.00 bits per heavy atom. The number of anilines is 1.